The van der Waals surface area contributed by atoms with E-state index >= 15 is 0 Å². The van der Waals surface area contributed by atoms with Crippen molar-refractivity contribution in [1.82, 2.24) is 5.32 Å². The first-order valence-corrected chi connectivity index (χ1v) is 10.4. The van der Waals surface area contributed by atoms with Gasteiger partial charge in [-0.2, -0.15) is 5.26 Å². The van der Waals surface area contributed by atoms with E-state index in [4.69, 9.17) is 0 Å². The van der Waals surface area contributed by atoms with Crippen molar-refractivity contribution in [3.05, 3.63) is 65.2 Å². The Hall–Kier alpha value is -2.68. The summed E-state index contributed by atoms with van der Waals surface area (Å²) in [7, 11) is 1.80. The Morgan fingerprint density at radius 2 is 1.90 bits per heavy atom. The Morgan fingerprint density at radius 3 is 2.55 bits per heavy atom. The summed E-state index contributed by atoms with van der Waals surface area (Å²) in [5, 5.41) is 23.5. The Morgan fingerprint density at radius 1 is 1.17 bits per heavy atom. The number of aliphatic hydroxyl groups is 1. The number of benzene rings is 2. The van der Waals surface area contributed by atoms with Gasteiger partial charge in [-0.3, -0.25) is 4.79 Å². The van der Waals surface area contributed by atoms with E-state index in [0.29, 0.717) is 12.1 Å². The summed E-state index contributed by atoms with van der Waals surface area (Å²) in [6.07, 6.45) is 3.98. The molecule has 0 unspecified atom stereocenters. The highest BCUT2D eigenvalue weighted by molar-refractivity contribution is 6.09. The molecule has 5 heteroatoms. The SMILES string of the molecule is CNC[C@@H](O)[C@H](c1ccccc1)N1C(=O)C2(CCCCC2)c2cc(C#N)ccc21. The average molecular weight is 389 g/mol. The number of fused-ring (bicyclic) bond motifs is 2. The second-order valence-electron chi connectivity index (χ2n) is 8.14. The maximum Gasteiger partial charge on any atom is 0.238 e. The molecule has 2 N–H and O–H groups in total. The van der Waals surface area contributed by atoms with Crippen molar-refractivity contribution >= 4 is 11.6 Å². The van der Waals surface area contributed by atoms with Crippen LogP contribution in [0.5, 0.6) is 0 Å². The average Bonchev–Trinajstić information content (AvgIpc) is 2.98. The number of likely N-dealkylation sites (N-methyl/N-ethyl adjacent to an activating group) is 1. The predicted molar refractivity (Wildman–Crippen MR) is 113 cm³/mol. The lowest BCUT2D eigenvalue weighted by Crippen LogP contribution is -2.47. The van der Waals surface area contributed by atoms with E-state index in [1.165, 1.54) is 0 Å². The highest BCUT2D eigenvalue weighted by Gasteiger charge is 2.53. The fourth-order valence-electron chi connectivity index (χ4n) is 5.08. The van der Waals surface area contributed by atoms with Gasteiger partial charge in [0, 0.05) is 12.2 Å². The van der Waals surface area contributed by atoms with Crippen molar-refractivity contribution in [2.75, 3.05) is 18.5 Å². The number of amides is 1. The van der Waals surface area contributed by atoms with Gasteiger partial charge in [0.25, 0.3) is 0 Å². The van der Waals surface area contributed by atoms with Gasteiger partial charge in [-0.05, 0) is 49.2 Å². The first-order chi connectivity index (χ1) is 14.1. The molecule has 2 aliphatic rings. The summed E-state index contributed by atoms with van der Waals surface area (Å²) >= 11 is 0. The van der Waals surface area contributed by atoms with Crippen LogP contribution in [0.3, 0.4) is 0 Å². The number of aliphatic hydroxyl groups excluding tert-OH is 1. The highest BCUT2D eigenvalue weighted by atomic mass is 16.3. The minimum atomic E-state index is -0.756. The fraction of sp³-hybridized carbons (Fsp3) is 0.417. The number of carbonyl (C=O) groups excluding carboxylic acids is 1. The zero-order valence-electron chi connectivity index (χ0n) is 16.8. The predicted octanol–water partition coefficient (Wildman–Crippen LogP) is 3.43. The number of hydrogen-bond acceptors (Lipinski definition) is 4. The number of nitrogens with zero attached hydrogens (tertiary/aromatic N) is 2. The zero-order valence-corrected chi connectivity index (χ0v) is 16.8. The Kier molecular flexibility index (Phi) is 5.40. The molecule has 1 spiro atoms. The summed E-state index contributed by atoms with van der Waals surface area (Å²) in [6.45, 7) is 0.377. The van der Waals surface area contributed by atoms with Crippen LogP contribution >= 0.6 is 0 Å². The Bertz CT molecular complexity index is 929. The quantitative estimate of drug-likeness (QED) is 0.821. The smallest absolute Gasteiger partial charge is 0.238 e. The summed E-state index contributed by atoms with van der Waals surface area (Å²) in [6, 6.07) is 17.0. The topological polar surface area (TPSA) is 76.4 Å². The van der Waals surface area contributed by atoms with Crippen molar-refractivity contribution in [2.24, 2.45) is 0 Å². The van der Waals surface area contributed by atoms with Crippen LogP contribution in [0.1, 0.15) is 54.8 Å². The number of carbonyl (C=O) groups is 1. The summed E-state index contributed by atoms with van der Waals surface area (Å²) in [5.41, 5.74) is 2.70. The third kappa shape index (κ3) is 3.23. The minimum Gasteiger partial charge on any atom is -0.389 e. The van der Waals surface area contributed by atoms with Crippen LogP contribution in [0.4, 0.5) is 5.69 Å². The van der Waals surface area contributed by atoms with Crippen LogP contribution < -0.4 is 10.2 Å². The van der Waals surface area contributed by atoms with E-state index in [2.05, 4.69) is 11.4 Å². The first kappa shape index (κ1) is 19.6. The Balaban J connectivity index is 1.88. The molecule has 0 aromatic heterocycles. The molecule has 1 saturated carbocycles. The van der Waals surface area contributed by atoms with Gasteiger partial charge in [0.2, 0.25) is 5.91 Å². The van der Waals surface area contributed by atoms with Crippen LogP contribution in [0.25, 0.3) is 0 Å². The normalized spacial score (nSPS) is 19.6. The lowest BCUT2D eigenvalue weighted by atomic mass is 9.70. The van der Waals surface area contributed by atoms with E-state index in [9.17, 15) is 15.2 Å². The molecule has 1 aliphatic carbocycles. The number of nitriles is 1. The van der Waals surface area contributed by atoms with Gasteiger partial charge in [-0.25, -0.2) is 0 Å². The van der Waals surface area contributed by atoms with Gasteiger partial charge in [0.05, 0.1) is 29.2 Å². The lowest BCUT2D eigenvalue weighted by Gasteiger charge is -2.36. The maximum absolute atomic E-state index is 14.0. The molecule has 150 valence electrons. The molecular formula is C24H27N3O2. The van der Waals surface area contributed by atoms with Crippen LogP contribution in [0, 0.1) is 11.3 Å². The van der Waals surface area contributed by atoms with Gasteiger partial charge in [0.15, 0.2) is 0 Å². The van der Waals surface area contributed by atoms with E-state index in [0.717, 1.165) is 48.9 Å². The molecule has 1 heterocycles. The zero-order chi connectivity index (χ0) is 20.4. The van der Waals surface area contributed by atoms with Crippen LogP contribution in [0.15, 0.2) is 48.5 Å². The van der Waals surface area contributed by atoms with Crippen LogP contribution in [-0.2, 0) is 10.2 Å². The van der Waals surface area contributed by atoms with E-state index in [1.54, 1.807) is 18.0 Å². The van der Waals surface area contributed by atoms with Crippen molar-refractivity contribution in [2.45, 2.75) is 49.7 Å². The maximum atomic E-state index is 14.0. The number of anilines is 1. The summed E-state index contributed by atoms with van der Waals surface area (Å²) < 4.78 is 0. The summed E-state index contributed by atoms with van der Waals surface area (Å²) in [4.78, 5) is 15.8. The van der Waals surface area contributed by atoms with Crippen LogP contribution in [-0.4, -0.2) is 30.7 Å². The fourth-order valence-corrected chi connectivity index (χ4v) is 5.08. The Labute approximate surface area is 172 Å². The molecule has 5 nitrogen and oxygen atoms in total. The first-order valence-electron chi connectivity index (χ1n) is 10.4. The second kappa shape index (κ2) is 7.98. The summed E-state index contributed by atoms with van der Waals surface area (Å²) in [5.74, 6) is 0.0614. The highest BCUT2D eigenvalue weighted by Crippen LogP contribution is 2.53. The molecule has 2 aromatic carbocycles. The van der Waals surface area contributed by atoms with Gasteiger partial charge < -0.3 is 15.3 Å². The monoisotopic (exact) mass is 389 g/mol. The number of nitrogens with one attached hydrogen (secondary N) is 1. The molecule has 1 fully saturated rings. The molecule has 4 rings (SSSR count). The molecule has 0 saturated heterocycles. The number of rotatable bonds is 5. The lowest BCUT2D eigenvalue weighted by molar-refractivity contribution is -0.125. The number of hydrogen-bond donors (Lipinski definition) is 2. The molecule has 2 atom stereocenters. The van der Waals surface area contributed by atoms with Gasteiger partial charge in [-0.1, -0.05) is 49.6 Å². The molecule has 1 aliphatic heterocycles. The van der Waals surface area contributed by atoms with Gasteiger partial charge in [0.1, 0.15) is 0 Å². The molecule has 2 aromatic rings. The van der Waals surface area contributed by atoms with E-state index < -0.39 is 17.6 Å². The van der Waals surface area contributed by atoms with E-state index in [-0.39, 0.29) is 5.91 Å². The minimum absolute atomic E-state index is 0.0614. The van der Waals surface area contributed by atoms with Crippen molar-refractivity contribution in [3.63, 3.8) is 0 Å². The third-order valence-electron chi connectivity index (χ3n) is 6.43. The molecule has 0 bridgehead atoms. The molecule has 0 radical (unpaired) electrons. The van der Waals surface area contributed by atoms with Crippen molar-refractivity contribution in [1.29, 1.82) is 5.26 Å². The molecular weight excluding hydrogens is 362 g/mol. The van der Waals surface area contributed by atoms with Crippen molar-refractivity contribution < 1.29 is 9.90 Å². The largest absolute Gasteiger partial charge is 0.389 e. The second-order valence-corrected chi connectivity index (χ2v) is 8.14. The molecule has 29 heavy (non-hydrogen) atoms. The molecule has 1 amide bonds. The standard InChI is InChI=1S/C24H27N3O2/c1-26-16-21(28)22(18-8-4-2-5-9-18)27-20-11-10-17(15-25)14-19(20)24(23(27)29)12-6-3-7-13-24/h2,4-5,8-11,14,21-22,26,28H,3,6-7,12-13,16H2,1H3/t21-,22+/m1/s1. The third-order valence-corrected chi connectivity index (χ3v) is 6.43. The van der Waals surface area contributed by atoms with Gasteiger partial charge >= 0.3 is 0 Å². The van der Waals surface area contributed by atoms with Crippen LogP contribution in [0.2, 0.25) is 0 Å². The van der Waals surface area contributed by atoms with Gasteiger partial charge in [-0.15, -0.1) is 0 Å². The van der Waals surface area contributed by atoms with Crippen molar-refractivity contribution in [3.8, 4) is 6.07 Å². The van der Waals surface area contributed by atoms with E-state index in [1.807, 2.05) is 42.5 Å².